The molecule has 0 aliphatic heterocycles. The van der Waals surface area contributed by atoms with Crippen LogP contribution in [0.15, 0.2) is 48.5 Å². The number of benzene rings is 2. The summed E-state index contributed by atoms with van der Waals surface area (Å²) in [6.07, 6.45) is 7.68. The van der Waals surface area contributed by atoms with Crippen LogP contribution in [0.25, 0.3) is 11.3 Å². The van der Waals surface area contributed by atoms with Crippen LogP contribution in [0, 0.1) is 5.92 Å². The minimum Gasteiger partial charge on any atom is -0.508 e. The van der Waals surface area contributed by atoms with Gasteiger partial charge >= 0.3 is 0 Å². The molecule has 0 unspecified atom stereocenters. The van der Waals surface area contributed by atoms with Crippen LogP contribution >= 0.6 is 0 Å². The lowest BCUT2D eigenvalue weighted by Crippen LogP contribution is -2.20. The standard InChI is InChI=1S/C26H27N3O2/c30-20-11-12-21-19(16-20)10-13-22-25(21)27-23(14-17-8-4-5-9-17)26(28-22)29-24(31)15-18-6-2-1-3-7-18/h1-3,6-7,11-12,16-17,30H,4-5,8-10,13-15H2,(H,28,29,31). The summed E-state index contributed by atoms with van der Waals surface area (Å²) in [4.78, 5) is 22.7. The van der Waals surface area contributed by atoms with Gasteiger partial charge in [-0.2, -0.15) is 0 Å². The molecular weight excluding hydrogens is 386 g/mol. The largest absolute Gasteiger partial charge is 0.508 e. The van der Waals surface area contributed by atoms with Crippen molar-refractivity contribution in [1.82, 2.24) is 9.97 Å². The molecule has 5 nitrogen and oxygen atoms in total. The first kappa shape index (κ1) is 19.7. The minimum absolute atomic E-state index is 0.0609. The number of aromatic hydroxyl groups is 1. The van der Waals surface area contributed by atoms with Crippen LogP contribution < -0.4 is 5.32 Å². The van der Waals surface area contributed by atoms with Gasteiger partial charge in [0.25, 0.3) is 0 Å². The smallest absolute Gasteiger partial charge is 0.229 e. The van der Waals surface area contributed by atoms with Crippen molar-refractivity contribution in [3.8, 4) is 17.0 Å². The van der Waals surface area contributed by atoms with Crippen molar-refractivity contribution in [2.75, 3.05) is 5.32 Å². The number of fused-ring (bicyclic) bond motifs is 3. The first-order valence-corrected chi connectivity index (χ1v) is 11.2. The Morgan fingerprint density at radius 3 is 2.65 bits per heavy atom. The Morgan fingerprint density at radius 1 is 1.03 bits per heavy atom. The summed E-state index contributed by atoms with van der Waals surface area (Å²) in [7, 11) is 0. The van der Waals surface area contributed by atoms with Crippen molar-refractivity contribution in [2.45, 2.75) is 51.4 Å². The van der Waals surface area contributed by atoms with Gasteiger partial charge in [0.05, 0.1) is 23.5 Å². The van der Waals surface area contributed by atoms with E-state index in [1.54, 1.807) is 6.07 Å². The molecule has 0 saturated heterocycles. The number of phenolic OH excluding ortho intramolecular Hbond substituents is 1. The maximum atomic E-state index is 12.8. The zero-order chi connectivity index (χ0) is 21.2. The van der Waals surface area contributed by atoms with Crippen molar-refractivity contribution < 1.29 is 9.90 Å². The molecule has 0 spiro atoms. The number of rotatable bonds is 5. The minimum atomic E-state index is -0.0609. The molecule has 0 bridgehead atoms. The lowest BCUT2D eigenvalue weighted by atomic mass is 9.91. The molecule has 1 heterocycles. The quantitative estimate of drug-likeness (QED) is 0.626. The Kier molecular flexibility index (Phi) is 5.41. The van der Waals surface area contributed by atoms with Gasteiger partial charge in [0.1, 0.15) is 5.75 Å². The molecule has 2 aliphatic carbocycles. The van der Waals surface area contributed by atoms with Gasteiger partial charge in [0.15, 0.2) is 5.82 Å². The first-order valence-electron chi connectivity index (χ1n) is 11.2. The monoisotopic (exact) mass is 413 g/mol. The summed E-state index contributed by atoms with van der Waals surface area (Å²) in [5.74, 6) is 1.44. The molecule has 2 aromatic carbocycles. The summed E-state index contributed by atoms with van der Waals surface area (Å²) >= 11 is 0. The van der Waals surface area contributed by atoms with Crippen LogP contribution in [0.4, 0.5) is 5.82 Å². The van der Waals surface area contributed by atoms with Crippen LogP contribution in [0.5, 0.6) is 5.75 Å². The van der Waals surface area contributed by atoms with Gasteiger partial charge in [-0.25, -0.2) is 9.97 Å². The molecule has 5 rings (SSSR count). The molecule has 3 aromatic rings. The summed E-state index contributed by atoms with van der Waals surface area (Å²) < 4.78 is 0. The highest BCUT2D eigenvalue weighted by Gasteiger charge is 2.25. The third-order valence-electron chi connectivity index (χ3n) is 6.44. The number of aryl methyl sites for hydroxylation is 2. The third-order valence-corrected chi connectivity index (χ3v) is 6.44. The van der Waals surface area contributed by atoms with E-state index in [4.69, 9.17) is 9.97 Å². The molecule has 0 radical (unpaired) electrons. The lowest BCUT2D eigenvalue weighted by molar-refractivity contribution is -0.115. The van der Waals surface area contributed by atoms with Gasteiger partial charge in [0, 0.05) is 5.56 Å². The molecule has 2 aliphatic rings. The summed E-state index contributed by atoms with van der Waals surface area (Å²) in [6, 6.07) is 15.2. The second-order valence-corrected chi connectivity index (χ2v) is 8.72. The van der Waals surface area contributed by atoms with Crippen LogP contribution in [0.1, 0.15) is 48.2 Å². The van der Waals surface area contributed by atoms with E-state index in [9.17, 15) is 9.90 Å². The van der Waals surface area contributed by atoms with Gasteiger partial charge in [0.2, 0.25) is 5.91 Å². The number of anilines is 1. The van der Waals surface area contributed by atoms with Gasteiger partial charge in [-0.3, -0.25) is 4.79 Å². The number of carbonyl (C=O) groups is 1. The molecular formula is C26H27N3O2. The van der Waals surface area contributed by atoms with E-state index in [0.717, 1.165) is 53.0 Å². The van der Waals surface area contributed by atoms with E-state index in [2.05, 4.69) is 5.32 Å². The Bertz CT molecular complexity index is 1110. The van der Waals surface area contributed by atoms with E-state index in [0.29, 0.717) is 18.2 Å². The van der Waals surface area contributed by atoms with E-state index in [1.807, 2.05) is 42.5 Å². The van der Waals surface area contributed by atoms with Crippen molar-refractivity contribution in [2.24, 2.45) is 5.92 Å². The summed E-state index contributed by atoms with van der Waals surface area (Å²) in [6.45, 7) is 0. The van der Waals surface area contributed by atoms with E-state index < -0.39 is 0 Å². The fraction of sp³-hybridized carbons (Fsp3) is 0.346. The van der Waals surface area contributed by atoms with E-state index in [1.165, 1.54) is 25.7 Å². The van der Waals surface area contributed by atoms with Crippen molar-refractivity contribution >= 4 is 11.7 Å². The number of nitrogens with zero attached hydrogens (tertiary/aromatic N) is 2. The highest BCUT2D eigenvalue weighted by atomic mass is 16.3. The molecule has 1 saturated carbocycles. The number of aromatic nitrogens is 2. The third kappa shape index (κ3) is 4.31. The predicted molar refractivity (Wildman–Crippen MR) is 121 cm³/mol. The molecule has 5 heteroatoms. The zero-order valence-electron chi connectivity index (χ0n) is 17.6. The number of nitrogens with one attached hydrogen (secondary N) is 1. The highest BCUT2D eigenvalue weighted by molar-refractivity contribution is 5.92. The van der Waals surface area contributed by atoms with Gasteiger partial charge < -0.3 is 10.4 Å². The molecule has 0 atom stereocenters. The second kappa shape index (κ2) is 8.50. The predicted octanol–water partition coefficient (Wildman–Crippen LogP) is 4.86. The van der Waals surface area contributed by atoms with E-state index in [-0.39, 0.29) is 11.7 Å². The number of hydrogen-bond acceptors (Lipinski definition) is 4. The average Bonchev–Trinajstić information content (AvgIpc) is 3.28. The Hall–Kier alpha value is -3.21. The Balaban J connectivity index is 1.48. The van der Waals surface area contributed by atoms with E-state index >= 15 is 0 Å². The number of phenols is 1. The maximum Gasteiger partial charge on any atom is 0.229 e. The Morgan fingerprint density at radius 2 is 1.84 bits per heavy atom. The topological polar surface area (TPSA) is 75.1 Å². The van der Waals surface area contributed by atoms with Gasteiger partial charge in [-0.05, 0) is 54.5 Å². The summed E-state index contributed by atoms with van der Waals surface area (Å²) in [5.41, 5.74) is 5.83. The fourth-order valence-corrected chi connectivity index (χ4v) is 4.85. The average molecular weight is 414 g/mol. The molecule has 158 valence electrons. The number of hydrogen-bond donors (Lipinski definition) is 2. The Labute approximate surface area is 182 Å². The van der Waals surface area contributed by atoms with Crippen molar-refractivity contribution in [3.63, 3.8) is 0 Å². The number of amides is 1. The van der Waals surface area contributed by atoms with Crippen LogP contribution in [-0.2, 0) is 30.5 Å². The second-order valence-electron chi connectivity index (χ2n) is 8.72. The van der Waals surface area contributed by atoms with Crippen molar-refractivity contribution in [3.05, 3.63) is 71.0 Å². The van der Waals surface area contributed by atoms with Gasteiger partial charge in [-0.1, -0.05) is 56.0 Å². The molecule has 31 heavy (non-hydrogen) atoms. The van der Waals surface area contributed by atoms with Crippen molar-refractivity contribution in [1.29, 1.82) is 0 Å². The summed E-state index contributed by atoms with van der Waals surface area (Å²) in [5, 5.41) is 12.9. The lowest BCUT2D eigenvalue weighted by Gasteiger charge is -2.22. The highest BCUT2D eigenvalue weighted by Crippen LogP contribution is 2.36. The zero-order valence-corrected chi connectivity index (χ0v) is 17.6. The molecule has 1 amide bonds. The number of carbonyl (C=O) groups excluding carboxylic acids is 1. The van der Waals surface area contributed by atoms with Gasteiger partial charge in [-0.15, -0.1) is 0 Å². The van der Waals surface area contributed by atoms with Crippen LogP contribution in [0.3, 0.4) is 0 Å². The molecule has 2 N–H and O–H groups in total. The first-order chi connectivity index (χ1) is 15.2. The normalized spacial score (nSPS) is 15.4. The molecule has 1 aromatic heterocycles. The molecule has 1 fully saturated rings. The van der Waals surface area contributed by atoms with Crippen LogP contribution in [-0.4, -0.2) is 21.0 Å². The maximum absolute atomic E-state index is 12.8. The fourth-order valence-electron chi connectivity index (χ4n) is 4.85. The SMILES string of the molecule is O=C(Cc1ccccc1)Nc1nc2c(nc1CC1CCCC1)-c1ccc(O)cc1CC2. The van der Waals surface area contributed by atoms with Crippen LogP contribution in [0.2, 0.25) is 0 Å².